The lowest BCUT2D eigenvalue weighted by Gasteiger charge is -2.15. The van der Waals surface area contributed by atoms with Gasteiger partial charge in [0.15, 0.2) is 17.6 Å². The number of methoxy groups -OCH3 is 3. The molecule has 7 nitrogen and oxygen atoms in total. The summed E-state index contributed by atoms with van der Waals surface area (Å²) >= 11 is 6.03. The Hall–Kier alpha value is -2.93. The van der Waals surface area contributed by atoms with Crippen LogP contribution in [0.15, 0.2) is 36.4 Å². The van der Waals surface area contributed by atoms with Crippen LogP contribution in [0.25, 0.3) is 0 Å². The maximum absolute atomic E-state index is 12.3. The zero-order chi connectivity index (χ0) is 20.0. The summed E-state index contributed by atoms with van der Waals surface area (Å²) in [7, 11) is 4.45. The van der Waals surface area contributed by atoms with Crippen LogP contribution in [-0.4, -0.2) is 39.3 Å². The van der Waals surface area contributed by atoms with Gasteiger partial charge in [-0.15, -0.1) is 0 Å². The number of anilines is 1. The molecule has 0 saturated carbocycles. The Morgan fingerprint density at radius 2 is 1.56 bits per heavy atom. The van der Waals surface area contributed by atoms with Gasteiger partial charge in [-0.05, 0) is 43.3 Å². The van der Waals surface area contributed by atoms with Crippen molar-refractivity contribution in [2.45, 2.75) is 13.0 Å². The number of hydrogen-bond acceptors (Lipinski definition) is 6. The number of halogens is 1. The number of ether oxygens (including phenoxy) is 4. The molecule has 1 amide bonds. The van der Waals surface area contributed by atoms with E-state index in [-0.39, 0.29) is 5.56 Å². The highest BCUT2D eigenvalue weighted by atomic mass is 35.5. The number of carbonyl (C=O) groups is 2. The van der Waals surface area contributed by atoms with Crippen molar-refractivity contribution < 1.29 is 28.5 Å². The van der Waals surface area contributed by atoms with Crippen molar-refractivity contribution >= 4 is 29.2 Å². The standard InChI is InChI=1S/C19H20ClNO6/c1-11(18(22)21-13-6-8-15(24-2)14(20)10-13)27-19(23)12-5-7-16(25-3)17(9-12)26-4/h5-11H,1-4H3,(H,21,22). The summed E-state index contributed by atoms with van der Waals surface area (Å²) in [5.41, 5.74) is 0.694. The highest BCUT2D eigenvalue weighted by Crippen LogP contribution is 2.28. The van der Waals surface area contributed by atoms with Crippen LogP contribution in [0, 0.1) is 0 Å². The summed E-state index contributed by atoms with van der Waals surface area (Å²) in [5, 5.41) is 2.98. The molecule has 0 radical (unpaired) electrons. The summed E-state index contributed by atoms with van der Waals surface area (Å²) < 4.78 is 20.5. The lowest BCUT2D eigenvalue weighted by Crippen LogP contribution is -2.30. The minimum absolute atomic E-state index is 0.236. The Morgan fingerprint density at radius 1 is 0.926 bits per heavy atom. The molecule has 2 aromatic carbocycles. The fourth-order valence-electron chi connectivity index (χ4n) is 2.23. The number of benzene rings is 2. The number of rotatable bonds is 7. The van der Waals surface area contributed by atoms with Crippen LogP contribution in [0.3, 0.4) is 0 Å². The van der Waals surface area contributed by atoms with Gasteiger partial charge in [-0.1, -0.05) is 11.6 Å². The van der Waals surface area contributed by atoms with Crippen LogP contribution in [0.2, 0.25) is 5.02 Å². The minimum atomic E-state index is -1.02. The second-order valence-corrected chi connectivity index (χ2v) is 5.86. The van der Waals surface area contributed by atoms with Crippen LogP contribution in [0.4, 0.5) is 5.69 Å². The zero-order valence-corrected chi connectivity index (χ0v) is 16.1. The van der Waals surface area contributed by atoms with Gasteiger partial charge in [0.1, 0.15) is 5.75 Å². The molecule has 0 saturated heterocycles. The van der Waals surface area contributed by atoms with Gasteiger partial charge in [0.25, 0.3) is 5.91 Å². The number of nitrogens with one attached hydrogen (secondary N) is 1. The highest BCUT2D eigenvalue weighted by Gasteiger charge is 2.20. The van der Waals surface area contributed by atoms with Crippen molar-refractivity contribution in [3.63, 3.8) is 0 Å². The first-order valence-electron chi connectivity index (χ1n) is 7.97. The van der Waals surface area contributed by atoms with Crippen LogP contribution in [-0.2, 0) is 9.53 Å². The molecule has 0 fully saturated rings. The number of carbonyl (C=O) groups excluding carboxylic acids is 2. The SMILES string of the molecule is COc1ccc(NC(=O)C(C)OC(=O)c2ccc(OC)c(OC)c2)cc1Cl. The second-order valence-electron chi connectivity index (χ2n) is 5.46. The van der Waals surface area contributed by atoms with Crippen molar-refractivity contribution in [2.75, 3.05) is 26.6 Å². The molecule has 1 atom stereocenters. The molecular weight excluding hydrogens is 374 g/mol. The van der Waals surface area contributed by atoms with E-state index >= 15 is 0 Å². The maximum atomic E-state index is 12.3. The molecule has 0 aromatic heterocycles. The maximum Gasteiger partial charge on any atom is 0.339 e. The molecule has 144 valence electrons. The van der Waals surface area contributed by atoms with Gasteiger partial charge in [-0.25, -0.2) is 4.79 Å². The quantitative estimate of drug-likeness (QED) is 0.724. The fraction of sp³-hybridized carbons (Fsp3) is 0.263. The molecule has 27 heavy (non-hydrogen) atoms. The smallest absolute Gasteiger partial charge is 0.339 e. The summed E-state index contributed by atoms with van der Waals surface area (Å²) in [6.07, 6.45) is -1.02. The number of amides is 1. The van der Waals surface area contributed by atoms with Gasteiger partial charge in [-0.3, -0.25) is 4.79 Å². The van der Waals surface area contributed by atoms with Crippen molar-refractivity contribution in [2.24, 2.45) is 0 Å². The molecule has 0 aliphatic heterocycles. The molecule has 0 spiro atoms. The average Bonchev–Trinajstić information content (AvgIpc) is 2.67. The Labute approximate surface area is 162 Å². The summed E-state index contributed by atoms with van der Waals surface area (Å²) in [6.45, 7) is 1.47. The Balaban J connectivity index is 2.03. The van der Waals surface area contributed by atoms with E-state index in [4.69, 9.17) is 30.5 Å². The predicted octanol–water partition coefficient (Wildman–Crippen LogP) is 3.55. The lowest BCUT2D eigenvalue weighted by molar-refractivity contribution is -0.123. The van der Waals surface area contributed by atoms with Crippen LogP contribution >= 0.6 is 11.6 Å². The third-order valence-electron chi connectivity index (χ3n) is 3.69. The van der Waals surface area contributed by atoms with Crippen LogP contribution < -0.4 is 19.5 Å². The van der Waals surface area contributed by atoms with Crippen molar-refractivity contribution in [1.82, 2.24) is 0 Å². The number of hydrogen-bond donors (Lipinski definition) is 1. The van der Waals surface area contributed by atoms with Gasteiger partial charge in [0.2, 0.25) is 0 Å². The van der Waals surface area contributed by atoms with E-state index < -0.39 is 18.0 Å². The molecule has 8 heteroatoms. The molecule has 2 aromatic rings. The first kappa shape index (κ1) is 20.4. The summed E-state index contributed by atoms with van der Waals surface area (Å²) in [6, 6.07) is 9.39. The molecule has 1 unspecified atom stereocenters. The van der Waals surface area contributed by atoms with Gasteiger partial charge in [-0.2, -0.15) is 0 Å². The Bertz CT molecular complexity index is 839. The molecule has 0 aliphatic rings. The van der Waals surface area contributed by atoms with E-state index in [0.29, 0.717) is 28.0 Å². The van der Waals surface area contributed by atoms with Gasteiger partial charge >= 0.3 is 5.97 Å². The fourth-order valence-corrected chi connectivity index (χ4v) is 2.49. The van der Waals surface area contributed by atoms with E-state index in [1.54, 1.807) is 24.3 Å². The number of esters is 1. The van der Waals surface area contributed by atoms with E-state index in [1.165, 1.54) is 40.4 Å². The second kappa shape index (κ2) is 9.14. The van der Waals surface area contributed by atoms with E-state index in [0.717, 1.165) is 0 Å². The first-order valence-corrected chi connectivity index (χ1v) is 8.34. The van der Waals surface area contributed by atoms with E-state index in [2.05, 4.69) is 5.32 Å². The third-order valence-corrected chi connectivity index (χ3v) is 3.99. The monoisotopic (exact) mass is 393 g/mol. The first-order chi connectivity index (χ1) is 12.9. The van der Waals surface area contributed by atoms with E-state index in [1.807, 2.05) is 0 Å². The molecule has 0 heterocycles. The van der Waals surface area contributed by atoms with Crippen molar-refractivity contribution in [1.29, 1.82) is 0 Å². The predicted molar refractivity (Wildman–Crippen MR) is 101 cm³/mol. The molecule has 0 bridgehead atoms. The topological polar surface area (TPSA) is 83.1 Å². The highest BCUT2D eigenvalue weighted by molar-refractivity contribution is 6.32. The van der Waals surface area contributed by atoms with Crippen molar-refractivity contribution in [3.05, 3.63) is 47.0 Å². The molecular formula is C19H20ClNO6. The lowest BCUT2D eigenvalue weighted by atomic mass is 10.2. The normalized spacial score (nSPS) is 11.3. The largest absolute Gasteiger partial charge is 0.495 e. The van der Waals surface area contributed by atoms with Gasteiger partial charge in [0, 0.05) is 5.69 Å². The van der Waals surface area contributed by atoms with Crippen LogP contribution in [0.5, 0.6) is 17.2 Å². The van der Waals surface area contributed by atoms with Crippen molar-refractivity contribution in [3.8, 4) is 17.2 Å². The van der Waals surface area contributed by atoms with Gasteiger partial charge < -0.3 is 24.3 Å². The van der Waals surface area contributed by atoms with Gasteiger partial charge in [0.05, 0.1) is 31.9 Å². The molecule has 0 aliphatic carbocycles. The molecule has 1 N–H and O–H groups in total. The van der Waals surface area contributed by atoms with Crippen LogP contribution in [0.1, 0.15) is 17.3 Å². The molecule has 2 rings (SSSR count). The zero-order valence-electron chi connectivity index (χ0n) is 15.4. The summed E-state index contributed by atoms with van der Waals surface area (Å²) in [4.78, 5) is 24.5. The Morgan fingerprint density at radius 3 is 2.15 bits per heavy atom. The third kappa shape index (κ3) is 5.04. The minimum Gasteiger partial charge on any atom is -0.495 e. The average molecular weight is 394 g/mol. The Kier molecular flexibility index (Phi) is 6.90. The van der Waals surface area contributed by atoms with E-state index in [9.17, 15) is 9.59 Å². The summed E-state index contributed by atoms with van der Waals surface area (Å²) in [5.74, 6) is 0.201.